The molecule has 0 atom stereocenters. The van der Waals surface area contributed by atoms with Crippen molar-refractivity contribution in [2.45, 2.75) is 43.6 Å². The van der Waals surface area contributed by atoms with Crippen molar-refractivity contribution in [2.75, 3.05) is 13.7 Å². The maximum atomic E-state index is 13.0. The van der Waals surface area contributed by atoms with Crippen molar-refractivity contribution in [3.8, 4) is 11.5 Å². The van der Waals surface area contributed by atoms with Crippen LogP contribution >= 0.6 is 11.8 Å². The number of aromatic nitrogens is 1. The van der Waals surface area contributed by atoms with Crippen LogP contribution in [-0.4, -0.2) is 29.8 Å². The molecule has 3 rings (SSSR count). The van der Waals surface area contributed by atoms with Crippen molar-refractivity contribution < 1.29 is 23.8 Å². The molecule has 1 N–H and O–H groups in total. The molecule has 0 saturated carbocycles. The number of halogens is 1. The van der Waals surface area contributed by atoms with E-state index in [1.165, 1.54) is 17.7 Å². The summed E-state index contributed by atoms with van der Waals surface area (Å²) in [7, 11) is 1.66. The molecule has 2 aromatic carbocycles. The molecular formula is C27H30FNO4S. The lowest BCUT2D eigenvalue weighted by Gasteiger charge is -2.12. The Bertz CT molecular complexity index is 1040. The Hall–Kier alpha value is -3.06. The fourth-order valence-electron chi connectivity index (χ4n) is 3.41. The van der Waals surface area contributed by atoms with Crippen LogP contribution in [0.4, 0.5) is 4.39 Å². The van der Waals surface area contributed by atoms with E-state index in [9.17, 15) is 9.18 Å². The number of benzene rings is 2. The maximum absolute atomic E-state index is 13.0. The SMILES string of the molecule is COc1ccc(CCCCOc2ccc(CSCc3ccc(F)cc3)nc2CCC(=O)O)cc1. The van der Waals surface area contributed by atoms with Gasteiger partial charge >= 0.3 is 5.97 Å². The summed E-state index contributed by atoms with van der Waals surface area (Å²) in [6, 6.07) is 18.4. The molecular weight excluding hydrogens is 453 g/mol. The number of ether oxygens (including phenoxy) is 2. The van der Waals surface area contributed by atoms with E-state index >= 15 is 0 Å². The third-order valence-electron chi connectivity index (χ3n) is 5.27. The highest BCUT2D eigenvalue weighted by atomic mass is 32.2. The topological polar surface area (TPSA) is 68.7 Å². The lowest BCUT2D eigenvalue weighted by molar-refractivity contribution is -0.136. The van der Waals surface area contributed by atoms with Crippen LogP contribution in [0.2, 0.25) is 0 Å². The van der Waals surface area contributed by atoms with Gasteiger partial charge in [0.1, 0.15) is 17.3 Å². The number of unbranched alkanes of at least 4 members (excludes halogenated alkanes) is 1. The minimum atomic E-state index is -0.858. The summed E-state index contributed by atoms with van der Waals surface area (Å²) in [4.78, 5) is 15.8. The Morgan fingerprint density at radius 1 is 0.941 bits per heavy atom. The summed E-state index contributed by atoms with van der Waals surface area (Å²) >= 11 is 1.68. The summed E-state index contributed by atoms with van der Waals surface area (Å²) in [5.74, 6) is 1.83. The van der Waals surface area contributed by atoms with Crippen molar-refractivity contribution >= 4 is 17.7 Å². The van der Waals surface area contributed by atoms with Gasteiger partial charge in [-0.15, -0.1) is 0 Å². The number of aliphatic carboxylic acids is 1. The molecule has 1 aromatic heterocycles. The zero-order chi connectivity index (χ0) is 24.2. The summed E-state index contributed by atoms with van der Waals surface area (Å²) in [6.07, 6.45) is 3.17. The van der Waals surface area contributed by atoms with Gasteiger partial charge < -0.3 is 14.6 Å². The number of carboxylic acids is 1. The Kier molecular flexibility index (Phi) is 10.2. The number of carbonyl (C=O) groups is 1. The van der Waals surface area contributed by atoms with Crippen LogP contribution in [0.5, 0.6) is 11.5 Å². The number of nitrogens with zero attached hydrogens (tertiary/aromatic N) is 1. The van der Waals surface area contributed by atoms with Crippen molar-refractivity contribution in [3.63, 3.8) is 0 Å². The number of pyridine rings is 1. The highest BCUT2D eigenvalue weighted by Crippen LogP contribution is 2.23. The summed E-state index contributed by atoms with van der Waals surface area (Å²) < 4.78 is 24.2. The molecule has 0 aliphatic rings. The summed E-state index contributed by atoms with van der Waals surface area (Å²) in [6.45, 7) is 0.552. The number of thioether (sulfide) groups is 1. The number of aryl methyl sites for hydroxylation is 2. The molecule has 5 nitrogen and oxygen atoms in total. The van der Waals surface area contributed by atoms with Gasteiger partial charge in [-0.25, -0.2) is 4.39 Å². The lowest BCUT2D eigenvalue weighted by Crippen LogP contribution is -2.06. The van der Waals surface area contributed by atoms with Crippen molar-refractivity contribution in [1.29, 1.82) is 0 Å². The Morgan fingerprint density at radius 3 is 2.38 bits per heavy atom. The normalized spacial score (nSPS) is 10.8. The first-order valence-corrected chi connectivity index (χ1v) is 12.5. The van der Waals surface area contributed by atoms with Crippen molar-refractivity contribution in [1.82, 2.24) is 4.98 Å². The molecule has 180 valence electrons. The largest absolute Gasteiger partial charge is 0.497 e. The molecule has 0 aliphatic carbocycles. The van der Waals surface area contributed by atoms with Crippen LogP contribution in [-0.2, 0) is 29.1 Å². The first-order chi connectivity index (χ1) is 16.5. The molecule has 0 radical (unpaired) electrons. The number of hydrogen-bond acceptors (Lipinski definition) is 5. The van der Waals surface area contributed by atoms with Gasteiger partial charge in [-0.05, 0) is 66.8 Å². The van der Waals surface area contributed by atoms with E-state index in [0.717, 1.165) is 42.0 Å². The van der Waals surface area contributed by atoms with Gasteiger partial charge in [-0.1, -0.05) is 24.3 Å². The van der Waals surface area contributed by atoms with E-state index < -0.39 is 5.97 Å². The summed E-state index contributed by atoms with van der Waals surface area (Å²) in [5.41, 5.74) is 3.86. The third-order valence-corrected chi connectivity index (χ3v) is 6.31. The standard InChI is InChI=1S/C27H30FNO4S/c1-32-24-12-7-20(8-13-24)4-2-3-17-33-26-15-11-23(29-25(26)14-16-27(30)31)19-34-18-21-5-9-22(28)10-6-21/h5-13,15H,2-4,14,16-19H2,1H3,(H,30,31). The fraction of sp³-hybridized carbons (Fsp3) is 0.333. The van der Waals surface area contributed by atoms with Crippen LogP contribution < -0.4 is 9.47 Å². The van der Waals surface area contributed by atoms with E-state index in [1.807, 2.05) is 24.3 Å². The number of methoxy groups -OCH3 is 1. The average Bonchev–Trinajstić information content (AvgIpc) is 2.85. The van der Waals surface area contributed by atoms with Gasteiger partial charge in [-0.3, -0.25) is 9.78 Å². The molecule has 0 fully saturated rings. The zero-order valence-corrected chi connectivity index (χ0v) is 20.2. The van der Waals surface area contributed by atoms with E-state index in [4.69, 9.17) is 14.6 Å². The first-order valence-electron chi connectivity index (χ1n) is 11.3. The molecule has 0 unspecified atom stereocenters. The highest BCUT2D eigenvalue weighted by Gasteiger charge is 2.10. The number of rotatable bonds is 14. The molecule has 0 bridgehead atoms. The minimum Gasteiger partial charge on any atom is -0.497 e. The van der Waals surface area contributed by atoms with E-state index in [2.05, 4.69) is 17.1 Å². The van der Waals surface area contributed by atoms with Gasteiger partial charge in [0.05, 0.1) is 31.5 Å². The van der Waals surface area contributed by atoms with E-state index in [1.54, 1.807) is 31.0 Å². The molecule has 3 aromatic rings. The lowest BCUT2D eigenvalue weighted by atomic mass is 10.1. The van der Waals surface area contributed by atoms with Crippen molar-refractivity contribution in [2.24, 2.45) is 0 Å². The van der Waals surface area contributed by atoms with Gasteiger partial charge in [0, 0.05) is 17.9 Å². The quantitative estimate of drug-likeness (QED) is 0.280. The number of hydrogen-bond donors (Lipinski definition) is 1. The van der Waals surface area contributed by atoms with Gasteiger partial charge in [0.15, 0.2) is 0 Å². The second kappa shape index (κ2) is 13.6. The molecule has 34 heavy (non-hydrogen) atoms. The average molecular weight is 484 g/mol. The molecule has 0 aliphatic heterocycles. The van der Waals surface area contributed by atoms with Gasteiger partial charge in [0.25, 0.3) is 0 Å². The molecule has 1 heterocycles. The fourth-order valence-corrected chi connectivity index (χ4v) is 4.31. The number of carboxylic acid groups (broad SMARTS) is 1. The van der Waals surface area contributed by atoms with Gasteiger partial charge in [0.2, 0.25) is 0 Å². The maximum Gasteiger partial charge on any atom is 0.303 e. The Balaban J connectivity index is 1.49. The molecule has 0 amide bonds. The smallest absolute Gasteiger partial charge is 0.303 e. The summed E-state index contributed by atoms with van der Waals surface area (Å²) in [5, 5.41) is 9.10. The highest BCUT2D eigenvalue weighted by molar-refractivity contribution is 7.97. The minimum absolute atomic E-state index is 0.00695. The zero-order valence-electron chi connectivity index (χ0n) is 19.3. The third kappa shape index (κ3) is 8.71. The Labute approximate surface area is 204 Å². The second-order valence-corrected chi connectivity index (χ2v) is 8.90. The van der Waals surface area contributed by atoms with Crippen molar-refractivity contribution in [3.05, 3.63) is 89.0 Å². The van der Waals surface area contributed by atoms with Crippen LogP contribution in [0.25, 0.3) is 0 Å². The van der Waals surface area contributed by atoms with E-state index in [-0.39, 0.29) is 12.2 Å². The monoisotopic (exact) mass is 483 g/mol. The van der Waals surface area contributed by atoms with E-state index in [0.29, 0.717) is 30.2 Å². The van der Waals surface area contributed by atoms with Crippen LogP contribution in [0, 0.1) is 5.82 Å². The Morgan fingerprint density at radius 2 is 1.68 bits per heavy atom. The van der Waals surface area contributed by atoms with Crippen LogP contribution in [0.1, 0.15) is 41.8 Å². The predicted octanol–water partition coefficient (Wildman–Crippen LogP) is 6.08. The molecule has 0 saturated heterocycles. The van der Waals surface area contributed by atoms with Gasteiger partial charge in [-0.2, -0.15) is 11.8 Å². The van der Waals surface area contributed by atoms with Crippen LogP contribution in [0.15, 0.2) is 60.7 Å². The predicted molar refractivity (Wildman–Crippen MR) is 133 cm³/mol. The second-order valence-electron chi connectivity index (χ2n) is 7.91. The molecule has 7 heteroatoms. The first kappa shape index (κ1) is 25.6. The van der Waals surface area contributed by atoms with Crippen LogP contribution in [0.3, 0.4) is 0 Å². The molecule has 0 spiro atoms.